The van der Waals surface area contributed by atoms with E-state index in [0.717, 1.165) is 30.5 Å². The molecule has 4 nitrogen and oxygen atoms in total. The van der Waals surface area contributed by atoms with Crippen LogP contribution in [0.2, 0.25) is 0 Å². The molecule has 0 aliphatic carbocycles. The second-order valence-corrected chi connectivity index (χ2v) is 4.08. The number of aryl methyl sites for hydroxylation is 1. The molecular formula is C11H18N4. The molecule has 0 amide bonds. The number of aromatic nitrogens is 2. The molecule has 0 saturated carbocycles. The van der Waals surface area contributed by atoms with E-state index in [1.54, 1.807) is 12.4 Å². The summed E-state index contributed by atoms with van der Waals surface area (Å²) in [6.45, 7) is 5.26. The predicted octanol–water partition coefficient (Wildman–Crippen LogP) is 1.20. The number of rotatable bonds is 3. The van der Waals surface area contributed by atoms with Crippen LogP contribution in [-0.4, -0.2) is 29.6 Å². The van der Waals surface area contributed by atoms with Crippen molar-refractivity contribution in [2.24, 2.45) is 5.92 Å². The number of nitrogens with zero attached hydrogens (tertiary/aromatic N) is 2. The number of anilines is 1. The van der Waals surface area contributed by atoms with E-state index in [9.17, 15) is 0 Å². The Labute approximate surface area is 90.5 Å². The number of hydrogen-bond donors (Lipinski definition) is 2. The minimum Gasteiger partial charge on any atom is -0.368 e. The first kappa shape index (κ1) is 10.4. The van der Waals surface area contributed by atoms with Crippen LogP contribution in [0, 0.1) is 12.8 Å². The van der Waals surface area contributed by atoms with Crippen molar-refractivity contribution in [3.63, 3.8) is 0 Å². The summed E-state index contributed by atoms with van der Waals surface area (Å²) in [4.78, 5) is 8.47. The van der Waals surface area contributed by atoms with Crippen molar-refractivity contribution in [3.05, 3.63) is 18.1 Å². The Bertz CT molecular complexity index is 307. The molecule has 0 radical (unpaired) electrons. The molecule has 1 aliphatic rings. The molecule has 1 aliphatic heterocycles. The lowest BCUT2D eigenvalue weighted by Gasteiger charge is -2.23. The lowest BCUT2D eigenvalue weighted by molar-refractivity contribution is 0.392. The van der Waals surface area contributed by atoms with Crippen LogP contribution in [0.25, 0.3) is 0 Å². The smallest absolute Gasteiger partial charge is 0.147 e. The molecule has 82 valence electrons. The maximum absolute atomic E-state index is 4.27. The third-order valence-corrected chi connectivity index (χ3v) is 2.84. The lowest BCUT2D eigenvalue weighted by Crippen LogP contribution is -2.33. The van der Waals surface area contributed by atoms with Gasteiger partial charge in [-0.25, -0.2) is 4.98 Å². The third-order valence-electron chi connectivity index (χ3n) is 2.84. The Balaban J connectivity index is 1.84. The highest BCUT2D eigenvalue weighted by atomic mass is 15.0. The minimum absolute atomic E-state index is 0.722. The van der Waals surface area contributed by atoms with Gasteiger partial charge in [0.2, 0.25) is 0 Å². The number of nitrogens with one attached hydrogen (secondary N) is 2. The van der Waals surface area contributed by atoms with Crippen molar-refractivity contribution in [1.29, 1.82) is 0 Å². The standard InChI is InChI=1S/C11H18N4/c1-9-11(14-6-5-13-9)15-8-10-3-2-4-12-7-10/h5-6,10,12H,2-4,7-8H2,1H3,(H,14,15). The van der Waals surface area contributed by atoms with Gasteiger partial charge in [0.05, 0.1) is 5.69 Å². The Hall–Kier alpha value is -1.16. The summed E-state index contributed by atoms with van der Waals surface area (Å²) in [5.74, 6) is 1.64. The maximum Gasteiger partial charge on any atom is 0.147 e. The van der Waals surface area contributed by atoms with Gasteiger partial charge in [-0.15, -0.1) is 0 Å². The fourth-order valence-corrected chi connectivity index (χ4v) is 1.92. The quantitative estimate of drug-likeness (QED) is 0.780. The van der Waals surface area contributed by atoms with Crippen molar-refractivity contribution < 1.29 is 0 Å². The monoisotopic (exact) mass is 206 g/mol. The summed E-state index contributed by atoms with van der Waals surface area (Å²) >= 11 is 0. The van der Waals surface area contributed by atoms with Gasteiger partial charge >= 0.3 is 0 Å². The minimum atomic E-state index is 0.722. The molecule has 0 aromatic carbocycles. The summed E-state index contributed by atoms with van der Waals surface area (Å²) < 4.78 is 0. The molecule has 15 heavy (non-hydrogen) atoms. The molecule has 1 fully saturated rings. The topological polar surface area (TPSA) is 49.8 Å². The average Bonchev–Trinajstić information content (AvgIpc) is 2.29. The van der Waals surface area contributed by atoms with Crippen molar-refractivity contribution in [2.75, 3.05) is 25.0 Å². The molecule has 1 unspecified atom stereocenters. The highest BCUT2D eigenvalue weighted by molar-refractivity contribution is 5.38. The van der Waals surface area contributed by atoms with Gasteiger partial charge in [0.1, 0.15) is 5.82 Å². The van der Waals surface area contributed by atoms with Crippen LogP contribution in [-0.2, 0) is 0 Å². The van der Waals surface area contributed by atoms with E-state index in [4.69, 9.17) is 0 Å². The molecule has 1 aromatic heterocycles. The van der Waals surface area contributed by atoms with Crippen LogP contribution in [0.4, 0.5) is 5.82 Å². The van der Waals surface area contributed by atoms with E-state index in [0.29, 0.717) is 0 Å². The van der Waals surface area contributed by atoms with Crippen LogP contribution in [0.5, 0.6) is 0 Å². The zero-order valence-electron chi connectivity index (χ0n) is 9.16. The normalized spacial score (nSPS) is 21.3. The van der Waals surface area contributed by atoms with Gasteiger partial charge in [-0.1, -0.05) is 0 Å². The number of piperidine rings is 1. The molecule has 1 aromatic rings. The molecule has 1 saturated heterocycles. The van der Waals surface area contributed by atoms with Gasteiger partial charge < -0.3 is 10.6 Å². The van der Waals surface area contributed by atoms with E-state index in [2.05, 4.69) is 20.6 Å². The largest absolute Gasteiger partial charge is 0.368 e. The summed E-state index contributed by atoms with van der Waals surface area (Å²) in [6.07, 6.45) is 6.04. The second-order valence-electron chi connectivity index (χ2n) is 4.08. The first-order chi connectivity index (χ1) is 7.36. The van der Waals surface area contributed by atoms with Gasteiger partial charge in [0.15, 0.2) is 0 Å². The molecule has 0 bridgehead atoms. The third kappa shape index (κ3) is 2.89. The highest BCUT2D eigenvalue weighted by Crippen LogP contribution is 2.12. The van der Waals surface area contributed by atoms with E-state index in [1.165, 1.54) is 19.4 Å². The van der Waals surface area contributed by atoms with Crippen molar-refractivity contribution in [2.45, 2.75) is 19.8 Å². The Morgan fingerprint density at radius 1 is 1.47 bits per heavy atom. The average molecular weight is 206 g/mol. The van der Waals surface area contributed by atoms with Gasteiger partial charge in [-0.2, -0.15) is 0 Å². The van der Waals surface area contributed by atoms with Crippen molar-refractivity contribution in [1.82, 2.24) is 15.3 Å². The van der Waals surface area contributed by atoms with Gasteiger partial charge in [-0.05, 0) is 38.8 Å². The van der Waals surface area contributed by atoms with Gasteiger partial charge in [0.25, 0.3) is 0 Å². The Kier molecular flexibility index (Phi) is 3.50. The van der Waals surface area contributed by atoms with E-state index in [1.807, 2.05) is 6.92 Å². The fraction of sp³-hybridized carbons (Fsp3) is 0.636. The Morgan fingerprint density at radius 3 is 3.07 bits per heavy atom. The molecule has 1 atom stereocenters. The maximum atomic E-state index is 4.27. The van der Waals surface area contributed by atoms with Gasteiger partial charge in [0, 0.05) is 18.9 Å². The summed E-state index contributed by atoms with van der Waals surface area (Å²) in [5.41, 5.74) is 0.973. The SMILES string of the molecule is Cc1nccnc1NCC1CCCNC1. The van der Waals surface area contributed by atoms with E-state index < -0.39 is 0 Å². The van der Waals surface area contributed by atoms with Crippen LogP contribution < -0.4 is 10.6 Å². The first-order valence-corrected chi connectivity index (χ1v) is 5.58. The molecular weight excluding hydrogens is 188 g/mol. The van der Waals surface area contributed by atoms with Crippen LogP contribution in [0.15, 0.2) is 12.4 Å². The van der Waals surface area contributed by atoms with Crippen LogP contribution in [0.1, 0.15) is 18.5 Å². The van der Waals surface area contributed by atoms with Gasteiger partial charge in [-0.3, -0.25) is 4.98 Å². The molecule has 2 rings (SSSR count). The summed E-state index contributed by atoms with van der Waals surface area (Å²) in [6, 6.07) is 0. The summed E-state index contributed by atoms with van der Waals surface area (Å²) in [5, 5.41) is 6.78. The summed E-state index contributed by atoms with van der Waals surface area (Å²) in [7, 11) is 0. The first-order valence-electron chi connectivity index (χ1n) is 5.58. The zero-order valence-corrected chi connectivity index (χ0v) is 9.16. The van der Waals surface area contributed by atoms with Crippen molar-refractivity contribution in [3.8, 4) is 0 Å². The molecule has 2 heterocycles. The highest BCUT2D eigenvalue weighted by Gasteiger charge is 2.12. The number of hydrogen-bond acceptors (Lipinski definition) is 4. The second kappa shape index (κ2) is 5.07. The lowest BCUT2D eigenvalue weighted by atomic mass is 10.00. The zero-order chi connectivity index (χ0) is 10.5. The van der Waals surface area contributed by atoms with Crippen LogP contribution in [0.3, 0.4) is 0 Å². The molecule has 0 spiro atoms. The predicted molar refractivity (Wildman–Crippen MR) is 60.9 cm³/mol. The Morgan fingerprint density at radius 2 is 2.33 bits per heavy atom. The molecule has 2 N–H and O–H groups in total. The van der Waals surface area contributed by atoms with E-state index >= 15 is 0 Å². The van der Waals surface area contributed by atoms with E-state index in [-0.39, 0.29) is 0 Å². The van der Waals surface area contributed by atoms with Crippen molar-refractivity contribution >= 4 is 5.82 Å². The van der Waals surface area contributed by atoms with Crippen LogP contribution >= 0.6 is 0 Å². The fourth-order valence-electron chi connectivity index (χ4n) is 1.92. The molecule has 4 heteroatoms.